The topological polar surface area (TPSA) is 45.9 Å². The molecule has 1 aromatic heterocycles. The number of ether oxygens (including phenoxy) is 1. The van der Waals surface area contributed by atoms with Crippen LogP contribution in [0.4, 0.5) is 0 Å². The van der Waals surface area contributed by atoms with Crippen molar-refractivity contribution in [3.05, 3.63) is 24.2 Å². The standard InChI is InChI=1S/C15H22N2O3/c1-16(2)14(18)15-5-8-20-13(15)3-6-17(11-15)9-12-4-7-19-10-12/h4,7,10,13H,3,5-6,8-9,11H2,1-2H3/t13-,15-/m0/s1. The van der Waals surface area contributed by atoms with E-state index >= 15 is 0 Å². The number of nitrogens with zero attached hydrogens (tertiary/aromatic N) is 2. The first-order chi connectivity index (χ1) is 9.62. The molecule has 2 aliphatic rings. The number of fused-ring (bicyclic) bond motifs is 1. The lowest BCUT2D eigenvalue weighted by Gasteiger charge is -2.43. The number of hydrogen-bond acceptors (Lipinski definition) is 4. The number of carbonyl (C=O) groups excluding carboxylic acids is 1. The molecule has 3 rings (SSSR count). The highest BCUT2D eigenvalue weighted by Gasteiger charge is 2.53. The highest BCUT2D eigenvalue weighted by atomic mass is 16.5. The van der Waals surface area contributed by atoms with E-state index in [2.05, 4.69) is 4.90 Å². The molecule has 2 fully saturated rings. The maximum atomic E-state index is 12.7. The third-order valence-corrected chi connectivity index (χ3v) is 4.52. The van der Waals surface area contributed by atoms with E-state index < -0.39 is 0 Å². The molecule has 1 aromatic rings. The largest absolute Gasteiger partial charge is 0.472 e. The van der Waals surface area contributed by atoms with Gasteiger partial charge in [-0.25, -0.2) is 0 Å². The van der Waals surface area contributed by atoms with Gasteiger partial charge in [-0.3, -0.25) is 9.69 Å². The summed E-state index contributed by atoms with van der Waals surface area (Å²) < 4.78 is 10.9. The molecule has 0 unspecified atom stereocenters. The van der Waals surface area contributed by atoms with E-state index in [-0.39, 0.29) is 17.4 Å². The summed E-state index contributed by atoms with van der Waals surface area (Å²) >= 11 is 0. The normalized spacial score (nSPS) is 30.2. The summed E-state index contributed by atoms with van der Waals surface area (Å²) in [7, 11) is 3.67. The van der Waals surface area contributed by atoms with Gasteiger partial charge in [0.1, 0.15) is 0 Å². The highest BCUT2D eigenvalue weighted by Crippen LogP contribution is 2.42. The average molecular weight is 278 g/mol. The summed E-state index contributed by atoms with van der Waals surface area (Å²) in [4.78, 5) is 16.7. The van der Waals surface area contributed by atoms with Crippen molar-refractivity contribution >= 4 is 5.91 Å². The van der Waals surface area contributed by atoms with Gasteiger partial charge in [0.25, 0.3) is 0 Å². The Morgan fingerprint density at radius 1 is 1.55 bits per heavy atom. The fourth-order valence-electron chi connectivity index (χ4n) is 3.56. The van der Waals surface area contributed by atoms with E-state index in [0.717, 1.165) is 38.0 Å². The number of piperidine rings is 1. The molecule has 20 heavy (non-hydrogen) atoms. The fourth-order valence-corrected chi connectivity index (χ4v) is 3.56. The SMILES string of the molecule is CN(C)C(=O)[C@]12CCO[C@H]1CCN(Cc1ccoc1)C2. The van der Waals surface area contributed by atoms with Gasteiger partial charge in [-0.2, -0.15) is 0 Å². The molecule has 0 bridgehead atoms. The van der Waals surface area contributed by atoms with Crippen molar-refractivity contribution < 1.29 is 13.9 Å². The Hall–Kier alpha value is -1.33. The molecule has 2 atom stereocenters. The quantitative estimate of drug-likeness (QED) is 0.837. The Bertz CT molecular complexity index is 471. The van der Waals surface area contributed by atoms with Crippen molar-refractivity contribution in [3.63, 3.8) is 0 Å². The van der Waals surface area contributed by atoms with Gasteiger partial charge < -0.3 is 14.1 Å². The second-order valence-corrected chi connectivity index (χ2v) is 6.10. The Balaban J connectivity index is 1.77. The lowest BCUT2D eigenvalue weighted by atomic mass is 9.75. The molecule has 0 saturated carbocycles. The van der Waals surface area contributed by atoms with Gasteiger partial charge in [0, 0.05) is 45.9 Å². The monoisotopic (exact) mass is 278 g/mol. The second kappa shape index (κ2) is 5.22. The fraction of sp³-hybridized carbons (Fsp3) is 0.667. The molecule has 0 aromatic carbocycles. The molecule has 0 spiro atoms. The van der Waals surface area contributed by atoms with E-state index in [1.165, 1.54) is 0 Å². The predicted octanol–water partition coefficient (Wildman–Crippen LogP) is 1.35. The van der Waals surface area contributed by atoms with Crippen LogP contribution in [-0.4, -0.2) is 55.6 Å². The predicted molar refractivity (Wildman–Crippen MR) is 74.1 cm³/mol. The Labute approximate surface area is 119 Å². The first-order valence-corrected chi connectivity index (χ1v) is 7.18. The van der Waals surface area contributed by atoms with Crippen molar-refractivity contribution in [2.75, 3.05) is 33.8 Å². The summed E-state index contributed by atoms with van der Waals surface area (Å²) in [6, 6.07) is 1.98. The van der Waals surface area contributed by atoms with Crippen LogP contribution >= 0.6 is 0 Å². The van der Waals surface area contributed by atoms with E-state index in [0.29, 0.717) is 6.61 Å². The molecule has 0 radical (unpaired) electrons. The van der Waals surface area contributed by atoms with Gasteiger partial charge in [0.2, 0.25) is 5.91 Å². The molecule has 110 valence electrons. The van der Waals surface area contributed by atoms with Gasteiger partial charge >= 0.3 is 0 Å². The molecule has 1 amide bonds. The molecule has 5 nitrogen and oxygen atoms in total. The zero-order chi connectivity index (χ0) is 14.2. The summed E-state index contributed by atoms with van der Waals surface area (Å²) in [5.41, 5.74) is 0.806. The van der Waals surface area contributed by atoms with Crippen molar-refractivity contribution in [1.29, 1.82) is 0 Å². The minimum Gasteiger partial charge on any atom is -0.472 e. The molecule has 2 saturated heterocycles. The number of rotatable bonds is 3. The molecule has 2 aliphatic heterocycles. The van der Waals surface area contributed by atoms with Gasteiger partial charge in [-0.1, -0.05) is 0 Å². The highest BCUT2D eigenvalue weighted by molar-refractivity contribution is 5.83. The van der Waals surface area contributed by atoms with Crippen molar-refractivity contribution in [1.82, 2.24) is 9.80 Å². The number of likely N-dealkylation sites (tertiary alicyclic amines) is 1. The number of amides is 1. The van der Waals surface area contributed by atoms with E-state index in [4.69, 9.17) is 9.15 Å². The first-order valence-electron chi connectivity index (χ1n) is 7.18. The molecule has 3 heterocycles. The molecular weight excluding hydrogens is 256 g/mol. The summed E-state index contributed by atoms with van der Waals surface area (Å²) in [6.45, 7) is 3.29. The van der Waals surface area contributed by atoms with Crippen LogP contribution in [-0.2, 0) is 16.1 Å². The Morgan fingerprint density at radius 2 is 2.40 bits per heavy atom. The van der Waals surface area contributed by atoms with Crippen LogP contribution in [0.2, 0.25) is 0 Å². The first kappa shape index (κ1) is 13.6. The van der Waals surface area contributed by atoms with E-state index in [1.54, 1.807) is 17.4 Å². The minimum absolute atomic E-state index is 0.0815. The summed E-state index contributed by atoms with van der Waals surface area (Å²) in [5, 5.41) is 0. The van der Waals surface area contributed by atoms with Crippen LogP contribution in [0.5, 0.6) is 0 Å². The van der Waals surface area contributed by atoms with Crippen LogP contribution in [0, 0.1) is 5.41 Å². The number of hydrogen-bond donors (Lipinski definition) is 0. The van der Waals surface area contributed by atoms with Gasteiger partial charge in [0.15, 0.2) is 0 Å². The maximum absolute atomic E-state index is 12.7. The zero-order valence-corrected chi connectivity index (χ0v) is 12.2. The summed E-state index contributed by atoms with van der Waals surface area (Å²) in [6.07, 6.45) is 5.31. The molecule has 0 N–H and O–H groups in total. The lowest BCUT2D eigenvalue weighted by Crippen LogP contribution is -2.56. The maximum Gasteiger partial charge on any atom is 0.232 e. The van der Waals surface area contributed by atoms with Crippen molar-refractivity contribution in [3.8, 4) is 0 Å². The van der Waals surface area contributed by atoms with Crippen molar-refractivity contribution in [2.45, 2.75) is 25.5 Å². The van der Waals surface area contributed by atoms with Crippen LogP contribution in [0.3, 0.4) is 0 Å². The average Bonchev–Trinajstić information content (AvgIpc) is 3.06. The van der Waals surface area contributed by atoms with Crippen LogP contribution in [0.1, 0.15) is 18.4 Å². The number of furan rings is 1. The Kier molecular flexibility index (Phi) is 3.56. The zero-order valence-electron chi connectivity index (χ0n) is 12.2. The second-order valence-electron chi connectivity index (χ2n) is 6.10. The Morgan fingerprint density at radius 3 is 3.10 bits per heavy atom. The third kappa shape index (κ3) is 2.25. The van der Waals surface area contributed by atoms with Gasteiger partial charge in [-0.15, -0.1) is 0 Å². The van der Waals surface area contributed by atoms with Crippen LogP contribution in [0.15, 0.2) is 23.0 Å². The smallest absolute Gasteiger partial charge is 0.232 e. The molecular formula is C15H22N2O3. The van der Waals surface area contributed by atoms with Crippen molar-refractivity contribution in [2.24, 2.45) is 5.41 Å². The van der Waals surface area contributed by atoms with E-state index in [1.807, 2.05) is 20.2 Å². The van der Waals surface area contributed by atoms with E-state index in [9.17, 15) is 4.79 Å². The van der Waals surface area contributed by atoms with Crippen LogP contribution in [0.25, 0.3) is 0 Å². The van der Waals surface area contributed by atoms with Gasteiger partial charge in [-0.05, 0) is 18.9 Å². The minimum atomic E-state index is -0.356. The lowest BCUT2D eigenvalue weighted by molar-refractivity contribution is -0.148. The third-order valence-electron chi connectivity index (χ3n) is 4.52. The summed E-state index contributed by atoms with van der Waals surface area (Å²) in [5.74, 6) is 0.205. The van der Waals surface area contributed by atoms with Crippen LogP contribution < -0.4 is 0 Å². The van der Waals surface area contributed by atoms with Gasteiger partial charge in [0.05, 0.1) is 24.0 Å². The molecule has 5 heteroatoms. The number of carbonyl (C=O) groups is 1. The molecule has 0 aliphatic carbocycles.